The van der Waals surface area contributed by atoms with Crippen LogP contribution in [0.4, 0.5) is 0 Å². The number of nitrogens with zero attached hydrogens (tertiary/aromatic N) is 3. The molecule has 2 aromatic heterocycles. The molecule has 0 amide bonds. The Balaban J connectivity index is 2.08. The van der Waals surface area contributed by atoms with Crippen molar-refractivity contribution in [1.82, 2.24) is 14.5 Å². The minimum atomic E-state index is -1.11. The minimum absolute atomic E-state index is 0.0256. The molecule has 1 N–H and O–H groups in total. The van der Waals surface area contributed by atoms with Gasteiger partial charge in [-0.15, -0.1) is 0 Å². The molecular weight excluding hydrogens is 234 g/mol. The second-order valence-electron chi connectivity index (χ2n) is 4.43. The van der Waals surface area contributed by atoms with Gasteiger partial charge in [0.25, 0.3) is 0 Å². The summed E-state index contributed by atoms with van der Waals surface area (Å²) < 4.78 is 1.37. The SMILES string of the molecule is O=C(O)c1ccc2ncn(C(=O)C3CCC3)c2n1. The number of carbonyl (C=O) groups is 2. The molecule has 1 aliphatic carbocycles. The lowest BCUT2D eigenvalue weighted by Gasteiger charge is -2.23. The summed E-state index contributed by atoms with van der Waals surface area (Å²) >= 11 is 0. The Labute approximate surface area is 102 Å². The summed E-state index contributed by atoms with van der Waals surface area (Å²) in [4.78, 5) is 31.0. The van der Waals surface area contributed by atoms with Crippen molar-refractivity contribution in [1.29, 1.82) is 0 Å². The molecule has 1 aliphatic rings. The fourth-order valence-electron chi connectivity index (χ4n) is 2.03. The standard InChI is InChI=1S/C12H11N3O3/c16-11(7-2-1-3-7)15-6-13-8-4-5-9(12(17)18)14-10(8)15/h4-7H,1-3H2,(H,17,18). The maximum Gasteiger partial charge on any atom is 0.354 e. The van der Waals surface area contributed by atoms with E-state index in [9.17, 15) is 9.59 Å². The van der Waals surface area contributed by atoms with E-state index in [1.807, 2.05) is 0 Å². The molecule has 0 aliphatic heterocycles. The van der Waals surface area contributed by atoms with Gasteiger partial charge in [-0.2, -0.15) is 0 Å². The Morgan fingerprint density at radius 1 is 1.33 bits per heavy atom. The molecule has 0 saturated heterocycles. The number of aromatic nitrogens is 3. The van der Waals surface area contributed by atoms with E-state index in [1.165, 1.54) is 17.0 Å². The van der Waals surface area contributed by atoms with Crippen molar-refractivity contribution in [2.75, 3.05) is 0 Å². The Morgan fingerprint density at radius 3 is 2.72 bits per heavy atom. The van der Waals surface area contributed by atoms with Crippen LogP contribution in [0.2, 0.25) is 0 Å². The van der Waals surface area contributed by atoms with Crippen molar-refractivity contribution in [2.24, 2.45) is 5.92 Å². The van der Waals surface area contributed by atoms with Crippen LogP contribution >= 0.6 is 0 Å². The number of fused-ring (bicyclic) bond motifs is 1. The molecule has 1 fully saturated rings. The van der Waals surface area contributed by atoms with Crippen LogP contribution in [0.1, 0.15) is 34.5 Å². The van der Waals surface area contributed by atoms with Gasteiger partial charge in [0, 0.05) is 5.92 Å². The van der Waals surface area contributed by atoms with Gasteiger partial charge in [-0.1, -0.05) is 6.42 Å². The molecule has 0 bridgehead atoms. The van der Waals surface area contributed by atoms with E-state index in [0.29, 0.717) is 11.2 Å². The van der Waals surface area contributed by atoms with Crippen molar-refractivity contribution in [2.45, 2.75) is 19.3 Å². The Hall–Kier alpha value is -2.24. The van der Waals surface area contributed by atoms with Crippen LogP contribution in [0.25, 0.3) is 11.2 Å². The lowest BCUT2D eigenvalue weighted by molar-refractivity contribution is 0.0688. The van der Waals surface area contributed by atoms with Crippen molar-refractivity contribution in [3.63, 3.8) is 0 Å². The van der Waals surface area contributed by atoms with Gasteiger partial charge >= 0.3 is 5.97 Å². The predicted octanol–water partition coefficient (Wildman–Crippen LogP) is 1.57. The van der Waals surface area contributed by atoms with Gasteiger partial charge in [0.1, 0.15) is 11.8 Å². The molecule has 6 heteroatoms. The summed E-state index contributed by atoms with van der Waals surface area (Å²) in [7, 11) is 0. The van der Waals surface area contributed by atoms with Crippen LogP contribution in [0, 0.1) is 5.92 Å². The van der Waals surface area contributed by atoms with E-state index >= 15 is 0 Å². The molecule has 0 unspecified atom stereocenters. The highest BCUT2D eigenvalue weighted by Gasteiger charge is 2.28. The molecule has 0 atom stereocenters. The molecule has 2 heterocycles. The second-order valence-corrected chi connectivity index (χ2v) is 4.43. The van der Waals surface area contributed by atoms with Gasteiger partial charge in [-0.05, 0) is 25.0 Å². The highest BCUT2D eigenvalue weighted by Crippen LogP contribution is 2.28. The molecule has 0 spiro atoms. The largest absolute Gasteiger partial charge is 0.477 e. The lowest BCUT2D eigenvalue weighted by atomic mass is 9.85. The van der Waals surface area contributed by atoms with Crippen LogP contribution in [-0.2, 0) is 0 Å². The van der Waals surface area contributed by atoms with E-state index in [0.717, 1.165) is 19.3 Å². The van der Waals surface area contributed by atoms with E-state index < -0.39 is 5.97 Å². The van der Waals surface area contributed by atoms with E-state index in [2.05, 4.69) is 9.97 Å². The number of carboxylic acids is 1. The maximum absolute atomic E-state index is 12.1. The van der Waals surface area contributed by atoms with Crippen LogP contribution in [0.3, 0.4) is 0 Å². The van der Waals surface area contributed by atoms with E-state index in [1.54, 1.807) is 6.07 Å². The monoisotopic (exact) mass is 245 g/mol. The first kappa shape index (κ1) is 10.9. The van der Waals surface area contributed by atoms with Gasteiger partial charge in [-0.3, -0.25) is 9.36 Å². The topological polar surface area (TPSA) is 85.1 Å². The smallest absolute Gasteiger partial charge is 0.354 e. The Kier molecular flexibility index (Phi) is 2.36. The molecule has 3 rings (SSSR count). The number of rotatable bonds is 2. The van der Waals surface area contributed by atoms with Crippen LogP contribution < -0.4 is 0 Å². The van der Waals surface area contributed by atoms with Gasteiger partial charge in [0.2, 0.25) is 5.91 Å². The molecule has 18 heavy (non-hydrogen) atoms. The molecular formula is C12H11N3O3. The van der Waals surface area contributed by atoms with Gasteiger partial charge in [0.15, 0.2) is 11.3 Å². The highest BCUT2D eigenvalue weighted by molar-refractivity contribution is 5.93. The molecule has 1 saturated carbocycles. The van der Waals surface area contributed by atoms with E-state index in [4.69, 9.17) is 5.11 Å². The normalized spacial score (nSPS) is 15.6. The predicted molar refractivity (Wildman–Crippen MR) is 62.5 cm³/mol. The summed E-state index contributed by atoms with van der Waals surface area (Å²) in [6, 6.07) is 2.95. The van der Waals surface area contributed by atoms with Crippen LogP contribution in [-0.4, -0.2) is 31.5 Å². The third-order valence-corrected chi connectivity index (χ3v) is 3.31. The summed E-state index contributed by atoms with van der Waals surface area (Å²) in [6.07, 6.45) is 4.26. The van der Waals surface area contributed by atoms with Crippen LogP contribution in [0.15, 0.2) is 18.5 Å². The lowest BCUT2D eigenvalue weighted by Crippen LogP contribution is -2.27. The maximum atomic E-state index is 12.1. The summed E-state index contributed by atoms with van der Waals surface area (Å²) in [5.74, 6) is -1.13. The Morgan fingerprint density at radius 2 is 2.11 bits per heavy atom. The molecule has 92 valence electrons. The molecule has 6 nitrogen and oxygen atoms in total. The van der Waals surface area contributed by atoms with Crippen molar-refractivity contribution in [3.05, 3.63) is 24.2 Å². The highest BCUT2D eigenvalue weighted by atomic mass is 16.4. The molecule has 0 aromatic carbocycles. The first-order valence-electron chi connectivity index (χ1n) is 5.78. The molecule has 2 aromatic rings. The zero-order chi connectivity index (χ0) is 12.7. The quantitative estimate of drug-likeness (QED) is 0.867. The van der Waals surface area contributed by atoms with Crippen molar-refractivity contribution >= 4 is 23.0 Å². The average molecular weight is 245 g/mol. The number of hydrogen-bond donors (Lipinski definition) is 1. The summed E-state index contributed by atoms with van der Waals surface area (Å²) in [5, 5.41) is 8.90. The third kappa shape index (κ3) is 1.57. The average Bonchev–Trinajstić information content (AvgIpc) is 2.68. The van der Waals surface area contributed by atoms with E-state index in [-0.39, 0.29) is 17.5 Å². The number of pyridine rings is 1. The molecule has 0 radical (unpaired) electrons. The minimum Gasteiger partial charge on any atom is -0.477 e. The number of imidazole rings is 1. The fourth-order valence-corrected chi connectivity index (χ4v) is 2.03. The summed E-state index contributed by atoms with van der Waals surface area (Å²) in [5.41, 5.74) is 0.783. The number of carbonyl (C=O) groups excluding carboxylic acids is 1. The Bertz CT molecular complexity index is 643. The first-order valence-corrected chi connectivity index (χ1v) is 5.78. The number of carboxylic acid groups (broad SMARTS) is 1. The van der Waals surface area contributed by atoms with Crippen molar-refractivity contribution < 1.29 is 14.7 Å². The van der Waals surface area contributed by atoms with Gasteiger partial charge in [-0.25, -0.2) is 14.8 Å². The second kappa shape index (κ2) is 3.90. The van der Waals surface area contributed by atoms with Crippen molar-refractivity contribution in [3.8, 4) is 0 Å². The number of aromatic carboxylic acids is 1. The van der Waals surface area contributed by atoms with Gasteiger partial charge in [0.05, 0.1) is 0 Å². The third-order valence-electron chi connectivity index (χ3n) is 3.31. The fraction of sp³-hybridized carbons (Fsp3) is 0.333. The van der Waals surface area contributed by atoms with Gasteiger partial charge < -0.3 is 5.11 Å². The first-order chi connectivity index (χ1) is 8.66. The summed E-state index contributed by atoms with van der Waals surface area (Å²) in [6.45, 7) is 0. The zero-order valence-corrected chi connectivity index (χ0v) is 9.54. The van der Waals surface area contributed by atoms with Crippen LogP contribution in [0.5, 0.6) is 0 Å². The zero-order valence-electron chi connectivity index (χ0n) is 9.54. The number of hydrogen-bond acceptors (Lipinski definition) is 4.